The van der Waals surface area contributed by atoms with Gasteiger partial charge in [0, 0.05) is 34.2 Å². The molecule has 2 N–H and O–H groups in total. The summed E-state index contributed by atoms with van der Waals surface area (Å²) < 4.78 is 33.5. The second-order valence-corrected chi connectivity index (χ2v) is 8.90. The first kappa shape index (κ1) is 26.7. The van der Waals surface area contributed by atoms with Gasteiger partial charge in [0.25, 0.3) is 11.5 Å². The molecule has 0 saturated carbocycles. The molecule has 0 saturated heterocycles. The normalized spacial score (nSPS) is 10.7. The van der Waals surface area contributed by atoms with Crippen LogP contribution in [0.3, 0.4) is 0 Å². The molecule has 0 radical (unpaired) electrons. The summed E-state index contributed by atoms with van der Waals surface area (Å²) in [6.07, 6.45) is 1.45. The summed E-state index contributed by atoms with van der Waals surface area (Å²) in [6, 6.07) is 13.6. The number of esters is 1. The van der Waals surface area contributed by atoms with Crippen LogP contribution in [0.2, 0.25) is 0 Å². The number of halogens is 3. The summed E-state index contributed by atoms with van der Waals surface area (Å²) in [7, 11) is 1.19. The highest BCUT2D eigenvalue weighted by Crippen LogP contribution is 2.27. The molecule has 2 aromatic heterocycles. The van der Waals surface area contributed by atoms with Crippen molar-refractivity contribution in [2.45, 2.75) is 13.2 Å². The minimum absolute atomic E-state index is 0.000777. The summed E-state index contributed by atoms with van der Waals surface area (Å²) in [5, 5.41) is 5.55. The first-order valence-corrected chi connectivity index (χ1v) is 12.0. The average molecular weight is 587 g/mol. The molecule has 0 spiro atoms. The Labute approximate surface area is 223 Å². The number of fused-ring (bicyclic) bond motifs is 1. The molecule has 0 bridgehead atoms. The lowest BCUT2D eigenvalue weighted by molar-refractivity contribution is -0.138. The Bertz CT molecular complexity index is 1560. The van der Waals surface area contributed by atoms with E-state index in [1.807, 2.05) is 18.2 Å². The fourth-order valence-electron chi connectivity index (χ4n) is 3.61. The maximum atomic E-state index is 14.1. The third-order valence-electron chi connectivity index (χ3n) is 5.47. The number of nitrogens with one attached hydrogen (secondary N) is 2. The van der Waals surface area contributed by atoms with Crippen LogP contribution >= 0.6 is 15.9 Å². The number of nitrogens with zero attached hydrogens (tertiary/aromatic N) is 2. The molecule has 2 heterocycles. The quantitative estimate of drug-likeness (QED) is 0.288. The van der Waals surface area contributed by atoms with Crippen LogP contribution in [0.15, 0.2) is 70.1 Å². The highest BCUT2D eigenvalue weighted by atomic mass is 79.9. The summed E-state index contributed by atoms with van der Waals surface area (Å²) in [5.41, 5.74) is -0.418. The van der Waals surface area contributed by atoms with E-state index in [0.29, 0.717) is 10.5 Å². The number of carbonyl (C=O) groups is 2. The van der Waals surface area contributed by atoms with E-state index >= 15 is 0 Å². The summed E-state index contributed by atoms with van der Waals surface area (Å²) in [5.74, 6) is -3.15. The molecule has 4 rings (SSSR count). The molecule has 0 aliphatic heterocycles. The molecule has 4 aromatic rings. The van der Waals surface area contributed by atoms with Gasteiger partial charge in [-0.2, -0.15) is 0 Å². The molecule has 0 aliphatic carbocycles. The van der Waals surface area contributed by atoms with Gasteiger partial charge in [-0.25, -0.2) is 13.8 Å². The van der Waals surface area contributed by atoms with E-state index in [0.717, 1.165) is 16.4 Å². The van der Waals surface area contributed by atoms with Crippen molar-refractivity contribution in [1.29, 1.82) is 0 Å². The van der Waals surface area contributed by atoms with Gasteiger partial charge in [-0.1, -0.05) is 36.4 Å². The largest absolute Gasteiger partial charge is 0.468 e. The topological polar surface area (TPSA) is 112 Å². The Hall–Kier alpha value is -4.32. The molecule has 1 amide bonds. The molecule has 0 atom stereocenters. The number of anilines is 1. The molecule has 9 nitrogen and oxygen atoms in total. The van der Waals surface area contributed by atoms with E-state index in [9.17, 15) is 23.2 Å². The minimum atomic E-state index is -0.884. The molecule has 196 valence electrons. The van der Waals surface area contributed by atoms with Gasteiger partial charge >= 0.3 is 5.97 Å². The SMILES string of the molecule is COC(=O)CNc1c(C(=O)NCc2ccc(F)cc2F)c(=O)n(OCc2ccccc2)c2ncc(Br)cc12. The van der Waals surface area contributed by atoms with Crippen molar-refractivity contribution in [2.24, 2.45) is 0 Å². The van der Waals surface area contributed by atoms with Crippen LogP contribution in [0.4, 0.5) is 14.5 Å². The number of benzene rings is 2. The van der Waals surface area contributed by atoms with Gasteiger partial charge in [0.2, 0.25) is 0 Å². The van der Waals surface area contributed by atoms with Crippen LogP contribution in [-0.4, -0.2) is 35.2 Å². The molecule has 38 heavy (non-hydrogen) atoms. The van der Waals surface area contributed by atoms with Crippen molar-refractivity contribution >= 4 is 44.5 Å². The Balaban J connectivity index is 1.80. The van der Waals surface area contributed by atoms with Crippen LogP contribution in [0.1, 0.15) is 21.5 Å². The van der Waals surface area contributed by atoms with Crippen LogP contribution in [0, 0.1) is 11.6 Å². The Morgan fingerprint density at radius 2 is 1.87 bits per heavy atom. The van der Waals surface area contributed by atoms with Crippen molar-refractivity contribution in [2.75, 3.05) is 19.0 Å². The smallest absolute Gasteiger partial charge is 0.325 e. The van der Waals surface area contributed by atoms with Gasteiger partial charge in [-0.05, 0) is 33.6 Å². The molecular formula is C26H21BrF2N4O5. The molecule has 0 aliphatic rings. The van der Waals surface area contributed by atoms with Crippen molar-refractivity contribution in [3.05, 3.63) is 104 Å². The lowest BCUT2D eigenvalue weighted by atomic mass is 10.1. The minimum Gasteiger partial charge on any atom is -0.468 e. The second kappa shape index (κ2) is 11.8. The average Bonchev–Trinajstić information content (AvgIpc) is 2.91. The number of methoxy groups -OCH3 is 1. The molecule has 0 unspecified atom stereocenters. The number of ether oxygens (including phenoxy) is 1. The standard InChI is InChI=1S/C26H21BrF2N4O5/c1-37-21(34)13-30-23-19-9-17(27)12-31-24(19)33(38-14-15-5-3-2-4-6-15)26(36)22(23)25(35)32-11-16-7-8-18(28)10-20(16)29/h2-10,12,30H,11,13-14H2,1H3,(H,32,35). The molecule has 12 heteroatoms. The predicted octanol–water partition coefficient (Wildman–Crippen LogP) is 3.58. The van der Waals surface area contributed by atoms with Crippen LogP contribution in [0.5, 0.6) is 0 Å². The van der Waals surface area contributed by atoms with Gasteiger partial charge in [-0.3, -0.25) is 14.4 Å². The third-order valence-corrected chi connectivity index (χ3v) is 5.90. The van der Waals surface area contributed by atoms with Crippen molar-refractivity contribution in [3.8, 4) is 0 Å². The first-order valence-electron chi connectivity index (χ1n) is 11.2. The highest BCUT2D eigenvalue weighted by Gasteiger charge is 2.25. The van der Waals surface area contributed by atoms with Crippen LogP contribution < -0.4 is 21.0 Å². The van der Waals surface area contributed by atoms with Crippen molar-refractivity contribution in [3.63, 3.8) is 0 Å². The number of hydrogen-bond acceptors (Lipinski definition) is 7. The Kier molecular flexibility index (Phi) is 8.31. The Morgan fingerprint density at radius 3 is 2.58 bits per heavy atom. The fraction of sp³-hybridized carbons (Fsp3) is 0.154. The van der Waals surface area contributed by atoms with Crippen molar-refractivity contribution in [1.82, 2.24) is 15.0 Å². The van der Waals surface area contributed by atoms with Crippen molar-refractivity contribution < 1.29 is 27.9 Å². The van der Waals surface area contributed by atoms with Crippen LogP contribution in [-0.2, 0) is 22.7 Å². The number of hydrogen-bond donors (Lipinski definition) is 2. The van der Waals surface area contributed by atoms with Crippen LogP contribution in [0.25, 0.3) is 11.0 Å². The zero-order valence-corrected chi connectivity index (χ0v) is 21.6. The van der Waals surface area contributed by atoms with E-state index in [1.54, 1.807) is 18.2 Å². The zero-order chi connectivity index (χ0) is 27.2. The van der Waals surface area contributed by atoms with E-state index < -0.39 is 34.6 Å². The zero-order valence-electron chi connectivity index (χ0n) is 20.0. The van der Waals surface area contributed by atoms with Gasteiger partial charge in [0.1, 0.15) is 30.3 Å². The summed E-state index contributed by atoms with van der Waals surface area (Å²) in [6.45, 7) is -0.704. The lowest BCUT2D eigenvalue weighted by Crippen LogP contribution is -2.37. The maximum Gasteiger partial charge on any atom is 0.325 e. The fourth-order valence-corrected chi connectivity index (χ4v) is 3.94. The monoisotopic (exact) mass is 586 g/mol. The van der Waals surface area contributed by atoms with Gasteiger partial charge in [0.05, 0.1) is 12.8 Å². The lowest BCUT2D eigenvalue weighted by Gasteiger charge is -2.18. The number of pyridine rings is 2. The van der Waals surface area contributed by atoms with Gasteiger partial charge in [0.15, 0.2) is 5.65 Å². The molecule has 0 fully saturated rings. The number of carbonyl (C=O) groups excluding carboxylic acids is 2. The second-order valence-electron chi connectivity index (χ2n) is 7.98. The molecular weight excluding hydrogens is 566 g/mol. The number of rotatable bonds is 9. The van der Waals surface area contributed by atoms with Gasteiger partial charge < -0.3 is 20.2 Å². The number of aromatic nitrogens is 2. The van der Waals surface area contributed by atoms with E-state index in [-0.39, 0.29) is 42.0 Å². The predicted molar refractivity (Wildman–Crippen MR) is 138 cm³/mol. The highest BCUT2D eigenvalue weighted by molar-refractivity contribution is 9.10. The van der Waals surface area contributed by atoms with E-state index in [4.69, 9.17) is 4.84 Å². The Morgan fingerprint density at radius 1 is 1.11 bits per heavy atom. The van der Waals surface area contributed by atoms with Gasteiger partial charge in [-0.15, -0.1) is 4.73 Å². The summed E-state index contributed by atoms with van der Waals surface area (Å²) >= 11 is 3.33. The first-order chi connectivity index (χ1) is 18.3. The van der Waals surface area contributed by atoms with E-state index in [2.05, 4.69) is 36.3 Å². The van der Waals surface area contributed by atoms with E-state index in [1.165, 1.54) is 19.4 Å². The maximum absolute atomic E-state index is 14.1. The molecule has 2 aromatic carbocycles. The number of amides is 1. The third kappa shape index (κ3) is 5.97. The summed E-state index contributed by atoms with van der Waals surface area (Å²) in [4.78, 5) is 48.9.